The van der Waals surface area contributed by atoms with Crippen LogP contribution in [0.5, 0.6) is 0 Å². The van der Waals surface area contributed by atoms with Gasteiger partial charge in [-0.25, -0.2) is 0 Å². The molecule has 17 heavy (non-hydrogen) atoms. The van der Waals surface area contributed by atoms with Gasteiger partial charge in [0.25, 0.3) is 0 Å². The lowest BCUT2D eigenvalue weighted by Crippen LogP contribution is -2.41. The van der Waals surface area contributed by atoms with Gasteiger partial charge in [0.2, 0.25) is 5.91 Å². The Kier molecular flexibility index (Phi) is 5.37. The van der Waals surface area contributed by atoms with Crippen LogP contribution in [-0.2, 0) is 19.1 Å². The van der Waals surface area contributed by atoms with E-state index in [2.05, 4.69) is 5.32 Å². The minimum atomic E-state index is -0.948. The van der Waals surface area contributed by atoms with E-state index in [-0.39, 0.29) is 24.8 Å². The summed E-state index contributed by atoms with van der Waals surface area (Å²) < 4.78 is 10.3. The lowest BCUT2D eigenvalue weighted by Gasteiger charge is -2.17. The minimum absolute atomic E-state index is 0.127. The molecule has 6 nitrogen and oxygen atoms in total. The molecule has 0 aromatic rings. The summed E-state index contributed by atoms with van der Waals surface area (Å²) in [4.78, 5) is 22.2. The Hall–Kier alpha value is -1.14. The van der Waals surface area contributed by atoms with Crippen molar-refractivity contribution in [1.82, 2.24) is 5.32 Å². The van der Waals surface area contributed by atoms with Crippen LogP contribution in [-0.4, -0.2) is 49.5 Å². The molecule has 1 aliphatic rings. The monoisotopic (exact) mass is 245 g/mol. The average molecular weight is 245 g/mol. The second-order valence-corrected chi connectivity index (χ2v) is 4.26. The zero-order valence-electron chi connectivity index (χ0n) is 10.1. The number of carboxylic acids is 1. The molecule has 0 radical (unpaired) electrons. The molecule has 1 aliphatic heterocycles. The number of carboxylic acid groups (broad SMARTS) is 1. The Morgan fingerprint density at radius 2 is 2.29 bits per heavy atom. The molecule has 1 fully saturated rings. The van der Waals surface area contributed by atoms with Gasteiger partial charge in [-0.05, 0) is 12.3 Å². The molecule has 0 aromatic carbocycles. The first kappa shape index (κ1) is 13.9. The molecule has 0 saturated carbocycles. The van der Waals surface area contributed by atoms with Crippen molar-refractivity contribution >= 4 is 11.9 Å². The summed E-state index contributed by atoms with van der Waals surface area (Å²) in [5.41, 5.74) is 0. The number of aliphatic carboxylic acids is 1. The number of carbonyl (C=O) groups excluding carboxylic acids is 1. The van der Waals surface area contributed by atoms with Crippen molar-refractivity contribution in [2.75, 3.05) is 20.3 Å². The molecule has 0 spiro atoms. The van der Waals surface area contributed by atoms with E-state index in [1.807, 2.05) is 6.92 Å². The fourth-order valence-corrected chi connectivity index (χ4v) is 1.78. The van der Waals surface area contributed by atoms with E-state index in [4.69, 9.17) is 14.6 Å². The van der Waals surface area contributed by atoms with E-state index in [9.17, 15) is 9.59 Å². The SMILES string of the molecule is COC(CNC(=O)C1OCCC1C)CC(=O)O. The van der Waals surface area contributed by atoms with Gasteiger partial charge in [-0.1, -0.05) is 6.92 Å². The van der Waals surface area contributed by atoms with E-state index in [0.29, 0.717) is 6.61 Å². The fourth-order valence-electron chi connectivity index (χ4n) is 1.78. The molecule has 1 heterocycles. The molecule has 0 bridgehead atoms. The van der Waals surface area contributed by atoms with E-state index >= 15 is 0 Å². The molecular formula is C11H19NO5. The second-order valence-electron chi connectivity index (χ2n) is 4.26. The molecule has 2 N–H and O–H groups in total. The van der Waals surface area contributed by atoms with Gasteiger partial charge >= 0.3 is 5.97 Å². The van der Waals surface area contributed by atoms with Crippen LogP contribution in [0.3, 0.4) is 0 Å². The van der Waals surface area contributed by atoms with Crippen molar-refractivity contribution in [2.45, 2.75) is 32.0 Å². The van der Waals surface area contributed by atoms with Gasteiger partial charge in [-0.15, -0.1) is 0 Å². The molecule has 0 aliphatic carbocycles. The molecule has 6 heteroatoms. The lowest BCUT2D eigenvalue weighted by molar-refractivity contribution is -0.140. The molecule has 0 aromatic heterocycles. The van der Waals surface area contributed by atoms with Gasteiger partial charge < -0.3 is 19.9 Å². The smallest absolute Gasteiger partial charge is 0.306 e. The third kappa shape index (κ3) is 4.32. The Labute approximate surface area is 100 Å². The van der Waals surface area contributed by atoms with Crippen LogP contribution < -0.4 is 5.32 Å². The predicted molar refractivity (Wildman–Crippen MR) is 59.6 cm³/mol. The first-order valence-electron chi connectivity index (χ1n) is 5.68. The van der Waals surface area contributed by atoms with Gasteiger partial charge in [-0.2, -0.15) is 0 Å². The topological polar surface area (TPSA) is 84.9 Å². The van der Waals surface area contributed by atoms with Crippen LogP contribution in [0.15, 0.2) is 0 Å². The molecular weight excluding hydrogens is 226 g/mol. The number of hydrogen-bond donors (Lipinski definition) is 2. The summed E-state index contributed by atoms with van der Waals surface area (Å²) >= 11 is 0. The normalized spacial score (nSPS) is 25.5. The van der Waals surface area contributed by atoms with Gasteiger partial charge in [-0.3, -0.25) is 9.59 Å². The zero-order chi connectivity index (χ0) is 12.8. The van der Waals surface area contributed by atoms with E-state index in [1.54, 1.807) is 0 Å². The number of rotatable bonds is 6. The third-order valence-corrected chi connectivity index (χ3v) is 2.89. The van der Waals surface area contributed by atoms with Crippen molar-refractivity contribution in [3.63, 3.8) is 0 Å². The summed E-state index contributed by atoms with van der Waals surface area (Å²) in [5, 5.41) is 11.3. The number of nitrogens with one attached hydrogen (secondary N) is 1. The zero-order valence-corrected chi connectivity index (χ0v) is 10.1. The summed E-state index contributed by atoms with van der Waals surface area (Å²) in [7, 11) is 1.43. The first-order valence-corrected chi connectivity index (χ1v) is 5.68. The van der Waals surface area contributed by atoms with Crippen LogP contribution in [0.25, 0.3) is 0 Å². The number of ether oxygens (including phenoxy) is 2. The van der Waals surface area contributed by atoms with Crippen LogP contribution >= 0.6 is 0 Å². The number of amides is 1. The summed E-state index contributed by atoms with van der Waals surface area (Å²) in [6.45, 7) is 2.75. The van der Waals surface area contributed by atoms with Gasteiger partial charge in [0.1, 0.15) is 6.10 Å². The van der Waals surface area contributed by atoms with Crippen LogP contribution in [0.4, 0.5) is 0 Å². The highest BCUT2D eigenvalue weighted by Crippen LogP contribution is 2.19. The Morgan fingerprint density at radius 1 is 1.59 bits per heavy atom. The highest BCUT2D eigenvalue weighted by molar-refractivity contribution is 5.81. The predicted octanol–water partition coefficient (Wildman–Crippen LogP) is 0.0173. The van der Waals surface area contributed by atoms with Crippen molar-refractivity contribution < 1.29 is 24.2 Å². The first-order chi connectivity index (χ1) is 8.04. The van der Waals surface area contributed by atoms with Gasteiger partial charge in [0.05, 0.1) is 12.5 Å². The van der Waals surface area contributed by atoms with Crippen LogP contribution in [0.2, 0.25) is 0 Å². The van der Waals surface area contributed by atoms with Crippen molar-refractivity contribution in [2.24, 2.45) is 5.92 Å². The summed E-state index contributed by atoms with van der Waals surface area (Å²) in [5.74, 6) is -0.936. The number of methoxy groups -OCH3 is 1. The third-order valence-electron chi connectivity index (χ3n) is 2.89. The summed E-state index contributed by atoms with van der Waals surface area (Å²) in [6, 6.07) is 0. The van der Waals surface area contributed by atoms with Crippen molar-refractivity contribution in [3.05, 3.63) is 0 Å². The minimum Gasteiger partial charge on any atom is -0.481 e. The highest BCUT2D eigenvalue weighted by atomic mass is 16.5. The molecule has 3 unspecified atom stereocenters. The Bertz CT molecular complexity index is 281. The Morgan fingerprint density at radius 3 is 2.76 bits per heavy atom. The number of hydrogen-bond acceptors (Lipinski definition) is 4. The maximum Gasteiger partial charge on any atom is 0.306 e. The van der Waals surface area contributed by atoms with Crippen molar-refractivity contribution in [1.29, 1.82) is 0 Å². The quantitative estimate of drug-likeness (QED) is 0.689. The maximum absolute atomic E-state index is 11.7. The molecule has 3 atom stereocenters. The molecule has 1 rings (SSSR count). The standard InChI is InChI=1S/C11H19NO5/c1-7-3-4-17-10(7)11(15)12-6-8(16-2)5-9(13)14/h7-8,10H,3-6H2,1-2H3,(H,12,15)(H,13,14). The number of carbonyl (C=O) groups is 2. The van der Waals surface area contributed by atoms with Crippen molar-refractivity contribution in [3.8, 4) is 0 Å². The second kappa shape index (κ2) is 6.56. The maximum atomic E-state index is 11.7. The van der Waals surface area contributed by atoms with Crippen LogP contribution in [0, 0.1) is 5.92 Å². The average Bonchev–Trinajstić information content (AvgIpc) is 2.69. The molecule has 1 amide bonds. The largest absolute Gasteiger partial charge is 0.481 e. The Balaban J connectivity index is 2.33. The van der Waals surface area contributed by atoms with E-state index in [0.717, 1.165) is 6.42 Å². The molecule has 98 valence electrons. The lowest BCUT2D eigenvalue weighted by atomic mass is 10.0. The van der Waals surface area contributed by atoms with E-state index < -0.39 is 18.2 Å². The summed E-state index contributed by atoms with van der Waals surface area (Å²) in [6.07, 6.45) is -0.177. The van der Waals surface area contributed by atoms with E-state index in [1.165, 1.54) is 7.11 Å². The molecule has 1 saturated heterocycles. The van der Waals surface area contributed by atoms with Crippen LogP contribution in [0.1, 0.15) is 19.8 Å². The highest BCUT2D eigenvalue weighted by Gasteiger charge is 2.31. The van der Waals surface area contributed by atoms with Gasteiger partial charge in [0.15, 0.2) is 0 Å². The van der Waals surface area contributed by atoms with Gasteiger partial charge in [0, 0.05) is 20.3 Å². The fraction of sp³-hybridized carbons (Fsp3) is 0.818.